The van der Waals surface area contributed by atoms with Gasteiger partial charge in [-0.15, -0.1) is 0 Å². The van der Waals surface area contributed by atoms with Crippen LogP contribution in [0.3, 0.4) is 0 Å². The van der Waals surface area contributed by atoms with Gasteiger partial charge >= 0.3 is 0 Å². The molecule has 0 radical (unpaired) electrons. The molecule has 2 aromatic heterocycles. The molecule has 3 aromatic rings. The fraction of sp³-hybridized carbons (Fsp3) is 0.433. The number of aryl methyl sites for hydroxylation is 3. The van der Waals surface area contributed by atoms with Crippen molar-refractivity contribution in [1.29, 1.82) is 0 Å². The predicted octanol–water partition coefficient (Wildman–Crippen LogP) is 5.77. The fourth-order valence-corrected chi connectivity index (χ4v) is 5.58. The lowest BCUT2D eigenvalue weighted by Crippen LogP contribution is -2.27. The van der Waals surface area contributed by atoms with Crippen LogP contribution < -0.4 is 14.8 Å². The maximum absolute atomic E-state index is 13.4. The highest BCUT2D eigenvalue weighted by molar-refractivity contribution is 6.46. The van der Waals surface area contributed by atoms with E-state index in [0.717, 1.165) is 55.5 Å². The van der Waals surface area contributed by atoms with Crippen molar-refractivity contribution in [2.45, 2.75) is 71.3 Å². The molecule has 0 atom stereocenters. The molecule has 0 unspecified atom stereocenters. The van der Waals surface area contributed by atoms with Gasteiger partial charge in [0.05, 0.1) is 5.69 Å². The quantitative estimate of drug-likeness (QED) is 0.229. The van der Waals surface area contributed by atoms with E-state index in [1.165, 1.54) is 18.5 Å². The highest BCUT2D eigenvalue weighted by Gasteiger charge is 2.31. The van der Waals surface area contributed by atoms with Gasteiger partial charge in [-0.1, -0.05) is 12.8 Å². The number of pyridine rings is 1. The molecule has 194 valence electrons. The molecule has 1 amide bonds. The number of hydrogen-bond acceptors (Lipinski definition) is 5. The Bertz CT molecular complexity index is 1250. The summed E-state index contributed by atoms with van der Waals surface area (Å²) in [5, 5.41) is 2.79. The summed E-state index contributed by atoms with van der Waals surface area (Å²) >= 11 is 0. The lowest BCUT2D eigenvalue weighted by atomic mass is 9.95. The molecule has 2 aliphatic rings. The van der Waals surface area contributed by atoms with Crippen molar-refractivity contribution in [3.63, 3.8) is 0 Å². The first-order valence-electron chi connectivity index (χ1n) is 13.4. The highest BCUT2D eigenvalue weighted by Crippen LogP contribution is 2.38. The molecule has 0 bridgehead atoms. The van der Waals surface area contributed by atoms with Gasteiger partial charge in [-0.3, -0.25) is 9.59 Å². The van der Waals surface area contributed by atoms with Gasteiger partial charge in [0.15, 0.2) is 0 Å². The van der Waals surface area contributed by atoms with Crippen molar-refractivity contribution < 1.29 is 19.1 Å². The van der Waals surface area contributed by atoms with Crippen LogP contribution in [0.5, 0.6) is 11.6 Å². The summed E-state index contributed by atoms with van der Waals surface area (Å²) in [5.41, 5.74) is 5.47. The van der Waals surface area contributed by atoms with Crippen LogP contribution in [0.25, 0.3) is 0 Å². The molecule has 1 aromatic carbocycles. The summed E-state index contributed by atoms with van der Waals surface area (Å²) in [6.45, 7) is 5.49. The molecule has 7 nitrogen and oxygen atoms in total. The number of hydrogen-bond donors (Lipinski definition) is 1. The Balaban J connectivity index is 1.18. The van der Waals surface area contributed by atoms with Crippen LogP contribution >= 0.6 is 0 Å². The van der Waals surface area contributed by atoms with Gasteiger partial charge in [-0.25, -0.2) is 4.98 Å². The smallest absolute Gasteiger partial charge is 0.298 e. The third-order valence-corrected chi connectivity index (χ3v) is 7.28. The van der Waals surface area contributed by atoms with Gasteiger partial charge in [0.1, 0.15) is 19.0 Å². The van der Waals surface area contributed by atoms with Gasteiger partial charge in [-0.05, 0) is 99.4 Å². The number of nitrogens with one attached hydrogen (secondary N) is 1. The number of amides is 1. The number of rotatable bonds is 9. The molecular formula is C30H35N3O4. The van der Waals surface area contributed by atoms with Gasteiger partial charge in [-0.2, -0.15) is 0 Å². The summed E-state index contributed by atoms with van der Waals surface area (Å²) in [4.78, 5) is 30.8. The predicted molar refractivity (Wildman–Crippen MR) is 143 cm³/mol. The topological polar surface area (TPSA) is 82.5 Å². The van der Waals surface area contributed by atoms with Crippen molar-refractivity contribution in [2.75, 3.05) is 18.5 Å². The first-order valence-corrected chi connectivity index (χ1v) is 13.4. The Morgan fingerprint density at radius 2 is 1.73 bits per heavy atom. The molecule has 5 rings (SSSR count). The zero-order chi connectivity index (χ0) is 25.8. The standard InChI is InChI=1S/C30H35N3O4/c1-20-17-21(2)31-27(18-20)37-16-15-36-25-12-10-23(11-13-25)32-30(35)29(34)28-26(22-7-3-4-8-22)19-24-9-5-6-14-33(24)28/h10-13,17-19,22H,3-9,14-16H2,1-2H3,(H,32,35). The van der Waals surface area contributed by atoms with Crippen LogP contribution in [0.15, 0.2) is 42.5 Å². The Morgan fingerprint density at radius 1 is 0.973 bits per heavy atom. The largest absolute Gasteiger partial charge is 0.490 e. The maximum atomic E-state index is 13.4. The Labute approximate surface area is 218 Å². The summed E-state index contributed by atoms with van der Waals surface area (Å²) in [5.74, 6) is 0.604. The van der Waals surface area contributed by atoms with Crippen LogP contribution in [-0.4, -0.2) is 34.5 Å². The number of anilines is 1. The third-order valence-electron chi connectivity index (χ3n) is 7.28. The first kappa shape index (κ1) is 25.1. The van der Waals surface area contributed by atoms with Gasteiger partial charge in [0.2, 0.25) is 5.88 Å². The van der Waals surface area contributed by atoms with E-state index in [0.29, 0.717) is 42.1 Å². The first-order chi connectivity index (χ1) is 18.0. The molecule has 1 N–H and O–H groups in total. The number of benzene rings is 1. The summed E-state index contributed by atoms with van der Waals surface area (Å²) in [7, 11) is 0. The Kier molecular flexibility index (Phi) is 7.58. The minimum Gasteiger partial charge on any atom is -0.490 e. The van der Waals surface area contributed by atoms with E-state index in [4.69, 9.17) is 9.47 Å². The average molecular weight is 502 g/mol. The van der Waals surface area contributed by atoms with Crippen LogP contribution in [0, 0.1) is 13.8 Å². The van der Waals surface area contributed by atoms with E-state index in [1.54, 1.807) is 24.3 Å². The third kappa shape index (κ3) is 5.87. The monoisotopic (exact) mass is 501 g/mol. The van der Waals surface area contributed by atoms with Gasteiger partial charge in [0.25, 0.3) is 11.7 Å². The van der Waals surface area contributed by atoms with E-state index < -0.39 is 11.7 Å². The molecule has 1 saturated carbocycles. The molecule has 3 heterocycles. The number of ether oxygens (including phenoxy) is 2. The second-order valence-corrected chi connectivity index (χ2v) is 10.2. The molecule has 7 heteroatoms. The van der Waals surface area contributed by atoms with Crippen molar-refractivity contribution in [1.82, 2.24) is 9.55 Å². The molecule has 1 fully saturated rings. The summed E-state index contributed by atoms with van der Waals surface area (Å²) in [6, 6.07) is 13.1. The van der Waals surface area contributed by atoms with Crippen molar-refractivity contribution >= 4 is 17.4 Å². The van der Waals surface area contributed by atoms with Gasteiger partial charge in [0, 0.05) is 29.7 Å². The molecule has 1 aliphatic heterocycles. The number of carbonyl (C=O) groups is 2. The van der Waals surface area contributed by atoms with Crippen molar-refractivity contribution in [3.8, 4) is 11.6 Å². The number of ketones is 1. The fourth-order valence-electron chi connectivity index (χ4n) is 5.58. The molecular weight excluding hydrogens is 466 g/mol. The minimum atomic E-state index is -0.589. The second kappa shape index (κ2) is 11.2. The average Bonchev–Trinajstić information content (AvgIpc) is 3.54. The van der Waals surface area contributed by atoms with E-state index in [9.17, 15) is 9.59 Å². The maximum Gasteiger partial charge on any atom is 0.298 e. The Morgan fingerprint density at radius 3 is 2.49 bits per heavy atom. The molecule has 1 aliphatic carbocycles. The van der Waals surface area contributed by atoms with Crippen LogP contribution in [0.4, 0.5) is 5.69 Å². The van der Waals surface area contributed by atoms with E-state index in [2.05, 4.69) is 20.9 Å². The van der Waals surface area contributed by atoms with Crippen LogP contribution in [0.2, 0.25) is 0 Å². The van der Waals surface area contributed by atoms with E-state index in [1.807, 2.05) is 26.0 Å². The highest BCUT2D eigenvalue weighted by atomic mass is 16.5. The van der Waals surface area contributed by atoms with Gasteiger partial charge < -0.3 is 19.4 Å². The lowest BCUT2D eigenvalue weighted by molar-refractivity contribution is -0.112. The second-order valence-electron chi connectivity index (χ2n) is 10.2. The number of Topliss-reactive ketones (excluding diaryl/α,β-unsaturated/α-hetero) is 1. The van der Waals surface area contributed by atoms with Crippen molar-refractivity contribution in [3.05, 3.63) is 70.7 Å². The zero-order valence-electron chi connectivity index (χ0n) is 21.7. The number of fused-ring (bicyclic) bond motifs is 1. The number of carbonyl (C=O) groups excluding carboxylic acids is 2. The molecule has 0 spiro atoms. The van der Waals surface area contributed by atoms with Crippen LogP contribution in [-0.2, 0) is 17.8 Å². The number of aromatic nitrogens is 2. The van der Waals surface area contributed by atoms with Crippen molar-refractivity contribution in [2.24, 2.45) is 0 Å². The number of nitrogens with zero attached hydrogens (tertiary/aromatic N) is 2. The summed E-state index contributed by atoms with van der Waals surface area (Å²) < 4.78 is 13.5. The normalized spacial score (nSPS) is 15.3. The summed E-state index contributed by atoms with van der Waals surface area (Å²) in [6.07, 6.45) is 7.72. The Hall–Kier alpha value is -3.61. The molecule has 37 heavy (non-hydrogen) atoms. The van der Waals surface area contributed by atoms with Crippen LogP contribution in [0.1, 0.15) is 77.4 Å². The van der Waals surface area contributed by atoms with E-state index >= 15 is 0 Å². The lowest BCUT2D eigenvalue weighted by Gasteiger charge is -2.18. The SMILES string of the molecule is Cc1cc(C)nc(OCCOc2ccc(NC(=O)C(=O)c3c(C4CCCC4)cc4n3CCCC4)cc2)c1. The van der Waals surface area contributed by atoms with E-state index in [-0.39, 0.29) is 0 Å². The zero-order valence-corrected chi connectivity index (χ0v) is 21.7. The molecule has 0 saturated heterocycles. The minimum absolute atomic E-state index is 0.363.